The lowest BCUT2D eigenvalue weighted by molar-refractivity contribution is -0.115. The Morgan fingerprint density at radius 3 is 1.49 bits per heavy atom. The highest BCUT2D eigenvalue weighted by atomic mass is 31.2. The van der Waals surface area contributed by atoms with E-state index in [0.29, 0.717) is 6.41 Å². The first-order chi connectivity index (χ1) is 17.7. The standard InChI is InChI=1S/C29H37N2O5P/c1-23(2)35-37(34,36-24(3)4)31(22-33)20-28(21-32)30-29(25-14-8-5-9-15-25,26-16-10-6-11-17-26)27-18-12-7-13-19-27/h5-19,22-24,28,30,32H,20-21H2,1-4H3. The van der Waals surface area contributed by atoms with Crippen LogP contribution in [0.15, 0.2) is 91.0 Å². The molecule has 1 amide bonds. The molecule has 0 fully saturated rings. The fourth-order valence-electron chi connectivity index (χ4n) is 4.38. The molecule has 3 rings (SSSR count). The number of nitrogens with one attached hydrogen (secondary N) is 1. The van der Waals surface area contributed by atoms with Crippen LogP contribution in [0.3, 0.4) is 0 Å². The van der Waals surface area contributed by atoms with Crippen molar-refractivity contribution in [2.45, 2.75) is 51.5 Å². The minimum absolute atomic E-state index is 0.106. The minimum atomic E-state index is -3.98. The first kappa shape index (κ1) is 28.8. The summed E-state index contributed by atoms with van der Waals surface area (Å²) in [7, 11) is -3.98. The van der Waals surface area contributed by atoms with Gasteiger partial charge in [0.15, 0.2) is 0 Å². The summed E-state index contributed by atoms with van der Waals surface area (Å²) in [4.78, 5) is 12.2. The number of benzene rings is 3. The maximum atomic E-state index is 13.7. The Labute approximate surface area is 220 Å². The van der Waals surface area contributed by atoms with E-state index in [1.165, 1.54) is 0 Å². The highest BCUT2D eigenvalue weighted by Crippen LogP contribution is 2.53. The van der Waals surface area contributed by atoms with Gasteiger partial charge in [0.2, 0.25) is 6.41 Å². The molecule has 3 aromatic rings. The van der Waals surface area contributed by atoms with Crippen LogP contribution >= 0.6 is 7.75 Å². The molecule has 0 spiro atoms. The van der Waals surface area contributed by atoms with Crippen LogP contribution in [0, 0.1) is 0 Å². The molecule has 1 atom stereocenters. The van der Waals surface area contributed by atoms with Crippen LogP contribution in [-0.2, 0) is 23.9 Å². The van der Waals surface area contributed by atoms with E-state index >= 15 is 0 Å². The molecule has 198 valence electrons. The van der Waals surface area contributed by atoms with E-state index < -0.39 is 31.5 Å². The maximum Gasteiger partial charge on any atom is 0.437 e. The number of aliphatic hydroxyl groups excluding tert-OH is 1. The van der Waals surface area contributed by atoms with Gasteiger partial charge < -0.3 is 5.11 Å². The molecule has 2 N–H and O–H groups in total. The topological polar surface area (TPSA) is 88.1 Å². The van der Waals surface area contributed by atoms with Crippen molar-refractivity contribution < 1.29 is 23.5 Å². The Morgan fingerprint density at radius 2 is 1.19 bits per heavy atom. The Bertz CT molecular complexity index is 1030. The van der Waals surface area contributed by atoms with Crippen molar-refractivity contribution in [3.63, 3.8) is 0 Å². The smallest absolute Gasteiger partial charge is 0.395 e. The van der Waals surface area contributed by atoms with Gasteiger partial charge in [-0.25, -0.2) is 9.24 Å². The number of nitrogens with zero attached hydrogens (tertiary/aromatic N) is 1. The lowest BCUT2D eigenvalue weighted by Crippen LogP contribution is -2.54. The summed E-state index contributed by atoms with van der Waals surface area (Å²) in [6.07, 6.45) is -0.417. The molecule has 0 aliphatic rings. The fraction of sp³-hybridized carbons (Fsp3) is 0.345. The molecule has 8 heteroatoms. The van der Waals surface area contributed by atoms with E-state index in [-0.39, 0.29) is 13.2 Å². The lowest BCUT2D eigenvalue weighted by Gasteiger charge is -2.41. The zero-order chi connectivity index (χ0) is 26.9. The predicted molar refractivity (Wildman–Crippen MR) is 146 cm³/mol. The van der Waals surface area contributed by atoms with Crippen molar-refractivity contribution in [3.05, 3.63) is 108 Å². The number of rotatable bonds is 14. The fourth-order valence-corrected chi connectivity index (χ4v) is 6.25. The van der Waals surface area contributed by atoms with Crippen LogP contribution in [0.25, 0.3) is 0 Å². The molecule has 1 unspecified atom stereocenters. The highest BCUT2D eigenvalue weighted by Gasteiger charge is 2.41. The van der Waals surface area contributed by atoms with E-state index in [4.69, 9.17) is 9.05 Å². The van der Waals surface area contributed by atoms with E-state index in [1.807, 2.05) is 91.0 Å². The van der Waals surface area contributed by atoms with Gasteiger partial charge in [-0.1, -0.05) is 91.0 Å². The van der Waals surface area contributed by atoms with Crippen LogP contribution < -0.4 is 5.32 Å². The molecule has 0 saturated carbocycles. The second-order valence-electron chi connectivity index (χ2n) is 9.38. The highest BCUT2D eigenvalue weighted by molar-refractivity contribution is 7.52. The Balaban J connectivity index is 2.11. The third-order valence-electron chi connectivity index (χ3n) is 5.79. The van der Waals surface area contributed by atoms with Gasteiger partial charge in [0.1, 0.15) is 0 Å². The van der Waals surface area contributed by atoms with Gasteiger partial charge in [-0.15, -0.1) is 0 Å². The maximum absolute atomic E-state index is 13.7. The Hall–Kier alpha value is -2.80. The first-order valence-electron chi connectivity index (χ1n) is 12.5. The van der Waals surface area contributed by atoms with Crippen molar-refractivity contribution in [1.82, 2.24) is 9.99 Å². The monoisotopic (exact) mass is 524 g/mol. The van der Waals surface area contributed by atoms with Crippen molar-refractivity contribution in [1.29, 1.82) is 0 Å². The molecule has 0 saturated heterocycles. The molecule has 37 heavy (non-hydrogen) atoms. The quantitative estimate of drug-likeness (QED) is 0.168. The molecule has 0 aromatic heterocycles. The van der Waals surface area contributed by atoms with Crippen molar-refractivity contribution in [2.75, 3.05) is 13.2 Å². The molecule has 0 heterocycles. The van der Waals surface area contributed by atoms with Crippen LogP contribution in [0.4, 0.5) is 0 Å². The normalized spacial score (nSPS) is 13.1. The summed E-state index contributed by atoms with van der Waals surface area (Å²) in [5, 5.41) is 14.2. The van der Waals surface area contributed by atoms with E-state index in [9.17, 15) is 14.5 Å². The molecule has 7 nitrogen and oxygen atoms in total. The molecular formula is C29H37N2O5P. The zero-order valence-corrected chi connectivity index (χ0v) is 22.8. The number of carbonyl (C=O) groups is 1. The van der Waals surface area contributed by atoms with Gasteiger partial charge in [-0.3, -0.25) is 19.2 Å². The molecular weight excluding hydrogens is 487 g/mol. The van der Waals surface area contributed by atoms with Crippen molar-refractivity contribution in [2.24, 2.45) is 0 Å². The second-order valence-corrected chi connectivity index (χ2v) is 11.2. The third kappa shape index (κ3) is 6.95. The van der Waals surface area contributed by atoms with Gasteiger partial charge in [-0.05, 0) is 44.4 Å². The predicted octanol–water partition coefficient (Wildman–Crippen LogP) is 5.35. The van der Waals surface area contributed by atoms with Crippen LogP contribution in [-0.4, -0.2) is 47.6 Å². The molecule has 0 bridgehead atoms. The van der Waals surface area contributed by atoms with Gasteiger partial charge in [0.05, 0.1) is 24.4 Å². The number of hydrogen-bond acceptors (Lipinski definition) is 6. The minimum Gasteiger partial charge on any atom is -0.395 e. The van der Waals surface area contributed by atoms with E-state index in [1.54, 1.807) is 27.7 Å². The average molecular weight is 525 g/mol. The lowest BCUT2D eigenvalue weighted by atomic mass is 9.76. The van der Waals surface area contributed by atoms with Gasteiger partial charge in [0, 0.05) is 12.6 Å². The zero-order valence-electron chi connectivity index (χ0n) is 21.9. The summed E-state index contributed by atoms with van der Waals surface area (Å²) in [6.45, 7) is 6.48. The Kier molecular flexibility index (Phi) is 10.2. The van der Waals surface area contributed by atoms with Crippen molar-refractivity contribution in [3.8, 4) is 0 Å². The molecule has 3 aromatic carbocycles. The summed E-state index contributed by atoms with van der Waals surface area (Å²) in [6, 6.07) is 29.1. The second kappa shape index (κ2) is 13.1. The number of amides is 1. The summed E-state index contributed by atoms with van der Waals surface area (Å²) in [5.41, 5.74) is 1.96. The van der Waals surface area contributed by atoms with E-state index in [2.05, 4.69) is 5.32 Å². The largest absolute Gasteiger partial charge is 0.437 e. The van der Waals surface area contributed by atoms with Gasteiger partial charge in [0.25, 0.3) is 0 Å². The average Bonchev–Trinajstić information content (AvgIpc) is 2.89. The van der Waals surface area contributed by atoms with E-state index in [0.717, 1.165) is 21.4 Å². The summed E-state index contributed by atoms with van der Waals surface area (Å²) >= 11 is 0. The van der Waals surface area contributed by atoms with Crippen LogP contribution in [0.1, 0.15) is 44.4 Å². The van der Waals surface area contributed by atoms with Gasteiger partial charge >= 0.3 is 7.75 Å². The van der Waals surface area contributed by atoms with Crippen LogP contribution in [0.2, 0.25) is 0 Å². The van der Waals surface area contributed by atoms with Crippen molar-refractivity contribution >= 4 is 14.2 Å². The molecule has 0 radical (unpaired) electrons. The number of hydrogen-bond donors (Lipinski definition) is 2. The number of aliphatic hydroxyl groups is 1. The molecule has 0 aliphatic heterocycles. The Morgan fingerprint density at radius 1 is 0.811 bits per heavy atom. The third-order valence-corrected chi connectivity index (χ3v) is 8.06. The summed E-state index contributed by atoms with van der Waals surface area (Å²) in [5.74, 6) is 0. The SMILES string of the molecule is CC(C)OP(=O)(OC(C)C)N(C=O)CC(CO)NC(c1ccccc1)(c1ccccc1)c1ccccc1. The van der Waals surface area contributed by atoms with Crippen LogP contribution in [0.5, 0.6) is 0 Å². The first-order valence-corrected chi connectivity index (χ1v) is 14.0. The molecule has 0 aliphatic carbocycles. The summed E-state index contributed by atoms with van der Waals surface area (Å²) < 4.78 is 26.1. The number of carbonyl (C=O) groups excluding carboxylic acids is 1. The van der Waals surface area contributed by atoms with Gasteiger partial charge in [-0.2, -0.15) is 0 Å².